The second kappa shape index (κ2) is 7.01. The highest BCUT2D eigenvalue weighted by molar-refractivity contribution is 5.81. The Bertz CT molecular complexity index is 365. The number of para-hydroxylation sites is 1. The molecular formula is C14H22N2O2. The van der Waals surface area contributed by atoms with E-state index in [0.29, 0.717) is 13.2 Å². The molecule has 1 aromatic rings. The maximum Gasteiger partial charge on any atom is 0.239 e. The van der Waals surface area contributed by atoms with E-state index in [4.69, 9.17) is 10.5 Å². The molecule has 1 atom stereocenters. The van der Waals surface area contributed by atoms with Gasteiger partial charge in [0.15, 0.2) is 0 Å². The number of nitrogens with two attached hydrogens (primary N) is 1. The minimum atomic E-state index is -0.438. The van der Waals surface area contributed by atoms with Crippen LogP contribution in [0, 0.1) is 5.92 Å². The van der Waals surface area contributed by atoms with Crippen molar-refractivity contribution in [2.75, 3.05) is 20.2 Å². The van der Waals surface area contributed by atoms with Gasteiger partial charge in [-0.15, -0.1) is 0 Å². The molecule has 0 bridgehead atoms. The Kier molecular flexibility index (Phi) is 5.65. The topological polar surface area (TPSA) is 55.6 Å². The molecule has 2 N–H and O–H groups in total. The van der Waals surface area contributed by atoms with E-state index < -0.39 is 6.04 Å². The molecule has 1 amide bonds. The van der Waals surface area contributed by atoms with Crippen LogP contribution < -0.4 is 10.5 Å². The van der Waals surface area contributed by atoms with Crippen LogP contribution in [0.1, 0.15) is 13.8 Å². The van der Waals surface area contributed by atoms with Crippen LogP contribution in [0.15, 0.2) is 30.3 Å². The Morgan fingerprint density at radius 1 is 1.33 bits per heavy atom. The van der Waals surface area contributed by atoms with E-state index in [0.717, 1.165) is 5.75 Å². The first-order valence-electron chi connectivity index (χ1n) is 6.20. The molecule has 0 spiro atoms. The molecule has 1 unspecified atom stereocenters. The zero-order valence-corrected chi connectivity index (χ0v) is 11.3. The number of likely N-dealkylation sites (N-methyl/N-ethyl adjacent to an activating group) is 1. The fraction of sp³-hybridized carbons (Fsp3) is 0.500. The van der Waals surface area contributed by atoms with Crippen molar-refractivity contribution in [3.8, 4) is 5.75 Å². The van der Waals surface area contributed by atoms with Crippen LogP contribution >= 0.6 is 0 Å². The van der Waals surface area contributed by atoms with Crippen molar-refractivity contribution in [1.82, 2.24) is 4.90 Å². The van der Waals surface area contributed by atoms with Crippen molar-refractivity contribution in [3.63, 3.8) is 0 Å². The second-order valence-corrected chi connectivity index (χ2v) is 4.69. The minimum Gasteiger partial charge on any atom is -0.492 e. The Balaban J connectivity index is 2.33. The van der Waals surface area contributed by atoms with Crippen LogP contribution in [-0.2, 0) is 4.79 Å². The zero-order chi connectivity index (χ0) is 13.5. The third-order valence-corrected chi connectivity index (χ3v) is 2.82. The van der Waals surface area contributed by atoms with Crippen molar-refractivity contribution >= 4 is 5.91 Å². The largest absolute Gasteiger partial charge is 0.492 e. The summed E-state index contributed by atoms with van der Waals surface area (Å²) in [5.74, 6) is 0.920. The van der Waals surface area contributed by atoms with Gasteiger partial charge in [0.2, 0.25) is 5.91 Å². The molecule has 0 saturated carbocycles. The van der Waals surface area contributed by atoms with E-state index in [1.54, 1.807) is 11.9 Å². The van der Waals surface area contributed by atoms with Gasteiger partial charge in [0.05, 0.1) is 12.6 Å². The smallest absolute Gasteiger partial charge is 0.239 e. The van der Waals surface area contributed by atoms with Crippen molar-refractivity contribution in [3.05, 3.63) is 30.3 Å². The summed E-state index contributed by atoms with van der Waals surface area (Å²) in [6.45, 7) is 4.89. The summed E-state index contributed by atoms with van der Waals surface area (Å²) in [5.41, 5.74) is 5.81. The second-order valence-electron chi connectivity index (χ2n) is 4.69. The van der Waals surface area contributed by atoms with Gasteiger partial charge in [-0.05, 0) is 18.1 Å². The highest BCUT2D eigenvalue weighted by Gasteiger charge is 2.20. The van der Waals surface area contributed by atoms with Crippen LogP contribution in [-0.4, -0.2) is 37.0 Å². The quantitative estimate of drug-likeness (QED) is 0.832. The predicted molar refractivity (Wildman–Crippen MR) is 72.4 cm³/mol. The van der Waals surface area contributed by atoms with Gasteiger partial charge < -0.3 is 15.4 Å². The number of carbonyl (C=O) groups excluding carboxylic acids is 1. The molecule has 18 heavy (non-hydrogen) atoms. The maximum atomic E-state index is 11.9. The first kappa shape index (κ1) is 14.5. The number of ether oxygens (including phenoxy) is 1. The highest BCUT2D eigenvalue weighted by atomic mass is 16.5. The van der Waals surface area contributed by atoms with Crippen molar-refractivity contribution in [2.45, 2.75) is 19.9 Å². The molecule has 1 rings (SSSR count). The van der Waals surface area contributed by atoms with Gasteiger partial charge in [0, 0.05) is 7.05 Å². The third-order valence-electron chi connectivity index (χ3n) is 2.82. The average molecular weight is 250 g/mol. The molecular weight excluding hydrogens is 228 g/mol. The summed E-state index contributed by atoms with van der Waals surface area (Å²) < 4.78 is 5.53. The molecule has 0 heterocycles. The van der Waals surface area contributed by atoms with E-state index in [2.05, 4.69) is 0 Å². The lowest BCUT2D eigenvalue weighted by atomic mass is 10.0. The number of hydrogen-bond acceptors (Lipinski definition) is 3. The number of rotatable bonds is 6. The van der Waals surface area contributed by atoms with E-state index in [1.807, 2.05) is 44.2 Å². The Morgan fingerprint density at radius 3 is 2.50 bits per heavy atom. The number of hydrogen-bond donors (Lipinski definition) is 1. The lowest BCUT2D eigenvalue weighted by molar-refractivity contribution is -0.132. The van der Waals surface area contributed by atoms with Crippen LogP contribution in [0.25, 0.3) is 0 Å². The van der Waals surface area contributed by atoms with Crippen LogP contribution in [0.3, 0.4) is 0 Å². The molecule has 0 aliphatic rings. The summed E-state index contributed by atoms with van der Waals surface area (Å²) in [4.78, 5) is 13.5. The minimum absolute atomic E-state index is 0.0401. The van der Waals surface area contributed by atoms with Gasteiger partial charge in [-0.2, -0.15) is 0 Å². The van der Waals surface area contributed by atoms with E-state index in [9.17, 15) is 4.79 Å². The number of nitrogens with zero attached hydrogens (tertiary/aromatic N) is 1. The number of carbonyl (C=O) groups is 1. The third kappa shape index (κ3) is 4.37. The lowest BCUT2D eigenvalue weighted by Gasteiger charge is -2.23. The first-order chi connectivity index (χ1) is 8.52. The summed E-state index contributed by atoms with van der Waals surface area (Å²) in [5, 5.41) is 0. The monoisotopic (exact) mass is 250 g/mol. The molecule has 0 aliphatic heterocycles. The Morgan fingerprint density at radius 2 is 1.94 bits per heavy atom. The SMILES string of the molecule is CC(C)C(N)C(=O)N(C)CCOc1ccccc1. The van der Waals surface area contributed by atoms with Crippen LogP contribution in [0.2, 0.25) is 0 Å². The molecule has 100 valence electrons. The summed E-state index contributed by atoms with van der Waals surface area (Å²) >= 11 is 0. The van der Waals surface area contributed by atoms with Gasteiger partial charge in [-0.3, -0.25) is 4.79 Å². The normalized spacial score (nSPS) is 12.3. The van der Waals surface area contributed by atoms with Crippen molar-refractivity contribution in [1.29, 1.82) is 0 Å². The van der Waals surface area contributed by atoms with Gasteiger partial charge >= 0.3 is 0 Å². The summed E-state index contributed by atoms with van der Waals surface area (Å²) in [6.07, 6.45) is 0. The fourth-order valence-electron chi connectivity index (χ4n) is 1.47. The van der Waals surface area contributed by atoms with Crippen molar-refractivity contribution < 1.29 is 9.53 Å². The van der Waals surface area contributed by atoms with E-state index in [-0.39, 0.29) is 11.8 Å². The first-order valence-corrected chi connectivity index (χ1v) is 6.20. The number of benzene rings is 1. The van der Waals surface area contributed by atoms with Gasteiger partial charge in [-0.25, -0.2) is 0 Å². The van der Waals surface area contributed by atoms with Gasteiger partial charge in [-0.1, -0.05) is 32.0 Å². The predicted octanol–water partition coefficient (Wildman–Crippen LogP) is 1.51. The van der Waals surface area contributed by atoms with E-state index in [1.165, 1.54) is 0 Å². The zero-order valence-electron chi connectivity index (χ0n) is 11.3. The van der Waals surface area contributed by atoms with Crippen LogP contribution in [0.4, 0.5) is 0 Å². The van der Waals surface area contributed by atoms with Crippen LogP contribution in [0.5, 0.6) is 5.75 Å². The molecule has 0 fully saturated rings. The number of amides is 1. The summed E-state index contributed by atoms with van der Waals surface area (Å²) in [7, 11) is 1.75. The van der Waals surface area contributed by atoms with E-state index >= 15 is 0 Å². The molecule has 1 aromatic carbocycles. The molecule has 0 aromatic heterocycles. The molecule has 0 aliphatic carbocycles. The summed E-state index contributed by atoms with van der Waals surface area (Å²) in [6, 6.07) is 9.11. The fourth-order valence-corrected chi connectivity index (χ4v) is 1.47. The lowest BCUT2D eigenvalue weighted by Crippen LogP contribution is -2.46. The average Bonchev–Trinajstić information content (AvgIpc) is 2.38. The molecule has 4 heteroatoms. The maximum absolute atomic E-state index is 11.9. The highest BCUT2D eigenvalue weighted by Crippen LogP contribution is 2.08. The van der Waals surface area contributed by atoms with Gasteiger partial charge in [0.1, 0.15) is 12.4 Å². The molecule has 0 saturated heterocycles. The van der Waals surface area contributed by atoms with Crippen molar-refractivity contribution in [2.24, 2.45) is 11.7 Å². The molecule has 0 radical (unpaired) electrons. The Hall–Kier alpha value is -1.55. The van der Waals surface area contributed by atoms with Gasteiger partial charge in [0.25, 0.3) is 0 Å². The molecule has 4 nitrogen and oxygen atoms in total. The standard InChI is InChI=1S/C14H22N2O2/c1-11(2)13(15)14(17)16(3)9-10-18-12-7-5-4-6-8-12/h4-8,11,13H,9-10,15H2,1-3H3. The Labute approximate surface area is 109 Å².